The van der Waals surface area contributed by atoms with Gasteiger partial charge in [0.15, 0.2) is 5.69 Å². The van der Waals surface area contributed by atoms with Gasteiger partial charge in [0.1, 0.15) is 5.76 Å². The third-order valence-corrected chi connectivity index (χ3v) is 6.54. The smallest absolute Gasteiger partial charge is 0.276 e. The van der Waals surface area contributed by atoms with Gasteiger partial charge in [-0.05, 0) is 69.7 Å². The van der Waals surface area contributed by atoms with Crippen molar-refractivity contribution in [2.45, 2.75) is 57.9 Å². The Bertz CT molecular complexity index is 962. The summed E-state index contributed by atoms with van der Waals surface area (Å²) in [5.41, 5.74) is 2.56. The molecule has 7 nitrogen and oxygen atoms in total. The summed E-state index contributed by atoms with van der Waals surface area (Å²) in [7, 11) is -3.69. The molecule has 152 valence electrons. The highest BCUT2D eigenvalue weighted by atomic mass is 32.2. The second kappa shape index (κ2) is 8.45. The summed E-state index contributed by atoms with van der Waals surface area (Å²) < 4.78 is 33.4. The Hall–Kier alpha value is -2.19. The molecule has 1 aliphatic carbocycles. The third kappa shape index (κ3) is 4.28. The van der Waals surface area contributed by atoms with Gasteiger partial charge in [0, 0.05) is 13.1 Å². The van der Waals surface area contributed by atoms with Crippen molar-refractivity contribution in [1.29, 1.82) is 0 Å². The van der Waals surface area contributed by atoms with E-state index in [2.05, 4.69) is 9.71 Å². The molecule has 0 atom stereocenters. The van der Waals surface area contributed by atoms with Crippen LogP contribution in [0.2, 0.25) is 0 Å². The van der Waals surface area contributed by atoms with Crippen LogP contribution in [0.1, 0.15) is 60.0 Å². The largest absolute Gasteiger partial charge is 0.444 e. The van der Waals surface area contributed by atoms with Crippen molar-refractivity contribution in [3.8, 4) is 0 Å². The Kier molecular flexibility index (Phi) is 6.20. The number of rotatable bonds is 7. The van der Waals surface area contributed by atoms with Crippen LogP contribution in [0, 0.1) is 6.92 Å². The predicted molar refractivity (Wildman–Crippen MR) is 106 cm³/mol. The number of nitrogens with one attached hydrogen (secondary N) is 1. The average Bonchev–Trinajstić information content (AvgIpc) is 3.07. The van der Waals surface area contributed by atoms with Gasteiger partial charge in [0.2, 0.25) is 15.9 Å². The molecule has 1 aromatic heterocycles. The maximum Gasteiger partial charge on any atom is 0.276 e. The number of sulfonamides is 1. The first-order valence-corrected chi connectivity index (χ1v) is 11.2. The van der Waals surface area contributed by atoms with Crippen LogP contribution >= 0.6 is 0 Å². The molecule has 0 spiro atoms. The minimum absolute atomic E-state index is 0.105. The number of amides is 1. The van der Waals surface area contributed by atoms with Crippen LogP contribution in [0.25, 0.3) is 0 Å². The molecule has 1 aliphatic rings. The Morgan fingerprint density at radius 1 is 1.18 bits per heavy atom. The number of aromatic nitrogens is 1. The van der Waals surface area contributed by atoms with E-state index < -0.39 is 10.0 Å². The molecule has 28 heavy (non-hydrogen) atoms. The lowest BCUT2D eigenvalue weighted by Crippen LogP contribution is -2.31. The molecule has 0 fully saturated rings. The summed E-state index contributed by atoms with van der Waals surface area (Å²) in [6, 6.07) is 5.30. The number of oxazole rings is 1. The van der Waals surface area contributed by atoms with Crippen molar-refractivity contribution in [3.05, 3.63) is 46.7 Å². The molecule has 8 heteroatoms. The van der Waals surface area contributed by atoms with Gasteiger partial charge in [-0.25, -0.2) is 18.1 Å². The van der Waals surface area contributed by atoms with Gasteiger partial charge in [-0.3, -0.25) is 4.79 Å². The summed E-state index contributed by atoms with van der Waals surface area (Å²) in [5, 5.41) is 0. The zero-order chi connectivity index (χ0) is 20.3. The van der Waals surface area contributed by atoms with Crippen molar-refractivity contribution in [3.63, 3.8) is 0 Å². The van der Waals surface area contributed by atoms with Crippen LogP contribution in [-0.4, -0.2) is 37.3 Å². The maximum atomic E-state index is 12.7. The third-order valence-electron chi connectivity index (χ3n) is 5.14. The van der Waals surface area contributed by atoms with E-state index in [1.807, 2.05) is 19.9 Å². The number of benzene rings is 1. The molecule has 1 amide bonds. The van der Waals surface area contributed by atoms with Gasteiger partial charge in [-0.15, -0.1) is 0 Å². The first-order valence-electron chi connectivity index (χ1n) is 9.72. The van der Waals surface area contributed by atoms with Crippen molar-refractivity contribution >= 4 is 15.9 Å². The minimum atomic E-state index is -3.69. The van der Waals surface area contributed by atoms with Gasteiger partial charge in [-0.2, -0.15) is 0 Å². The van der Waals surface area contributed by atoms with Crippen LogP contribution in [0.15, 0.2) is 27.5 Å². The van der Waals surface area contributed by atoms with E-state index in [9.17, 15) is 13.2 Å². The predicted octanol–water partition coefficient (Wildman–Crippen LogP) is 2.82. The molecular formula is C20H27N3O4S. The van der Waals surface area contributed by atoms with Gasteiger partial charge < -0.3 is 9.32 Å². The zero-order valence-corrected chi connectivity index (χ0v) is 17.4. The van der Waals surface area contributed by atoms with E-state index in [0.717, 1.165) is 31.2 Å². The number of hydrogen-bond acceptors (Lipinski definition) is 5. The maximum absolute atomic E-state index is 12.7. The molecular weight excluding hydrogens is 378 g/mol. The first kappa shape index (κ1) is 20.5. The lowest BCUT2D eigenvalue weighted by molar-refractivity contribution is 0.0766. The molecule has 0 bridgehead atoms. The summed E-state index contributed by atoms with van der Waals surface area (Å²) in [6.45, 7) is 6.48. The molecule has 2 aromatic rings. The van der Waals surface area contributed by atoms with E-state index in [4.69, 9.17) is 4.42 Å². The van der Waals surface area contributed by atoms with Crippen molar-refractivity contribution in [2.75, 3.05) is 13.1 Å². The van der Waals surface area contributed by atoms with Gasteiger partial charge in [-0.1, -0.05) is 6.07 Å². The van der Waals surface area contributed by atoms with Gasteiger partial charge in [0.25, 0.3) is 5.91 Å². The summed E-state index contributed by atoms with van der Waals surface area (Å²) in [4.78, 5) is 18.6. The molecule has 0 aliphatic heterocycles. The van der Waals surface area contributed by atoms with Gasteiger partial charge >= 0.3 is 0 Å². The van der Waals surface area contributed by atoms with E-state index in [-0.39, 0.29) is 28.9 Å². The molecule has 1 aromatic carbocycles. The molecule has 0 saturated carbocycles. The number of aryl methyl sites for hydroxylation is 3. The van der Waals surface area contributed by atoms with Crippen molar-refractivity contribution < 1.29 is 17.6 Å². The quantitative estimate of drug-likeness (QED) is 0.765. The lowest BCUT2D eigenvalue weighted by Gasteiger charge is -2.17. The molecule has 1 N–H and O–H groups in total. The SMILES string of the molecule is CCN(CC)C(=O)c1nc(CNS(=O)(=O)c2ccc3c(c2)CCCC3)oc1C. The minimum Gasteiger partial charge on any atom is -0.444 e. The molecule has 3 rings (SSSR count). The molecule has 1 heterocycles. The molecule has 0 unspecified atom stereocenters. The summed E-state index contributed by atoms with van der Waals surface area (Å²) in [5.74, 6) is 0.351. The first-order chi connectivity index (χ1) is 13.4. The Labute approximate surface area is 166 Å². The number of carbonyl (C=O) groups is 1. The Morgan fingerprint density at radius 2 is 1.86 bits per heavy atom. The Morgan fingerprint density at radius 3 is 2.54 bits per heavy atom. The normalized spacial score (nSPS) is 14.0. The highest BCUT2D eigenvalue weighted by molar-refractivity contribution is 7.89. The van der Waals surface area contributed by atoms with E-state index in [0.29, 0.717) is 18.8 Å². The number of fused-ring (bicyclic) bond motifs is 1. The molecule has 0 radical (unpaired) electrons. The Balaban J connectivity index is 1.73. The average molecular weight is 406 g/mol. The second-order valence-corrected chi connectivity index (χ2v) is 8.72. The fourth-order valence-electron chi connectivity index (χ4n) is 3.50. The fraction of sp³-hybridized carbons (Fsp3) is 0.500. The van der Waals surface area contributed by atoms with Gasteiger partial charge in [0.05, 0.1) is 11.4 Å². The second-order valence-electron chi connectivity index (χ2n) is 6.95. The number of hydrogen-bond donors (Lipinski definition) is 1. The van der Waals surface area contributed by atoms with E-state index in [1.54, 1.807) is 24.0 Å². The highest BCUT2D eigenvalue weighted by Crippen LogP contribution is 2.24. The van der Waals surface area contributed by atoms with Crippen molar-refractivity contribution in [2.24, 2.45) is 0 Å². The standard InChI is InChI=1S/C20H27N3O4S/c1-4-23(5-2)20(24)19-14(3)27-18(22-19)13-21-28(25,26)17-11-10-15-8-6-7-9-16(15)12-17/h10-12,21H,4-9,13H2,1-3H3. The fourth-order valence-corrected chi connectivity index (χ4v) is 4.53. The van der Waals surface area contributed by atoms with Crippen LogP contribution < -0.4 is 4.72 Å². The lowest BCUT2D eigenvalue weighted by atomic mass is 9.92. The van der Waals surface area contributed by atoms with Crippen LogP contribution in [0.4, 0.5) is 0 Å². The highest BCUT2D eigenvalue weighted by Gasteiger charge is 2.23. The van der Waals surface area contributed by atoms with E-state index >= 15 is 0 Å². The van der Waals surface area contributed by atoms with Crippen LogP contribution in [0.5, 0.6) is 0 Å². The zero-order valence-electron chi connectivity index (χ0n) is 16.6. The number of carbonyl (C=O) groups excluding carboxylic acids is 1. The van der Waals surface area contributed by atoms with Crippen LogP contribution in [0.3, 0.4) is 0 Å². The topological polar surface area (TPSA) is 92.5 Å². The summed E-state index contributed by atoms with van der Waals surface area (Å²) in [6.07, 6.45) is 4.15. The summed E-state index contributed by atoms with van der Waals surface area (Å²) >= 11 is 0. The molecule has 0 saturated heterocycles. The van der Waals surface area contributed by atoms with Crippen molar-refractivity contribution in [1.82, 2.24) is 14.6 Å². The number of nitrogens with zero attached hydrogens (tertiary/aromatic N) is 2. The monoisotopic (exact) mass is 405 g/mol. The van der Waals surface area contributed by atoms with Crippen LogP contribution in [-0.2, 0) is 29.4 Å². The van der Waals surface area contributed by atoms with E-state index in [1.165, 1.54) is 5.56 Å².